The number of carbonyl (C=O) groups excluding carboxylic acids is 2. The van der Waals surface area contributed by atoms with Crippen LogP contribution in [0.3, 0.4) is 0 Å². The van der Waals surface area contributed by atoms with E-state index in [-0.39, 0.29) is 53.3 Å². The lowest BCUT2D eigenvalue weighted by Crippen LogP contribution is -2.27. The van der Waals surface area contributed by atoms with Gasteiger partial charge in [0, 0.05) is 31.4 Å². The monoisotopic (exact) mass is 478 g/mol. The van der Waals surface area contributed by atoms with Gasteiger partial charge < -0.3 is 14.7 Å². The van der Waals surface area contributed by atoms with Crippen molar-refractivity contribution in [2.75, 3.05) is 6.61 Å². The Labute approximate surface area is 205 Å². The van der Waals surface area contributed by atoms with E-state index in [0.29, 0.717) is 61.3 Å². The highest BCUT2D eigenvalue weighted by Crippen LogP contribution is 2.37. The molecule has 2 aromatic rings. The van der Waals surface area contributed by atoms with Crippen molar-refractivity contribution in [3.8, 4) is 0 Å². The first-order valence-corrected chi connectivity index (χ1v) is 12.4. The molecular formula is C28H34N2O5. The summed E-state index contributed by atoms with van der Waals surface area (Å²) in [6.45, 7) is 5.83. The van der Waals surface area contributed by atoms with Gasteiger partial charge in [-0.15, -0.1) is 0 Å². The molecular weight excluding hydrogens is 444 g/mol. The zero-order valence-electron chi connectivity index (χ0n) is 20.7. The standard InChI is InChI=1S/C28H34N2O5/c1-4-19(16-31)29-20(10-11-21-27-24(34)14-28(2,3)15-25(27)35-30-21)26-22(32)12-18(13-23(26)33)17-8-6-5-7-9-17/h5-9,18-19,31-32H,4,10-16H2,1-3H3. The molecule has 0 amide bonds. The second-order valence-electron chi connectivity index (χ2n) is 10.4. The lowest BCUT2D eigenvalue weighted by Gasteiger charge is -2.27. The number of aliphatic hydroxyl groups excluding tert-OH is 2. The van der Waals surface area contributed by atoms with Crippen LogP contribution < -0.4 is 0 Å². The summed E-state index contributed by atoms with van der Waals surface area (Å²) in [6.07, 6.45) is 2.99. The molecule has 0 spiro atoms. The van der Waals surface area contributed by atoms with Crippen molar-refractivity contribution in [3.05, 3.63) is 64.2 Å². The number of nitrogens with zero attached hydrogens (tertiary/aromatic N) is 2. The maximum Gasteiger partial charge on any atom is 0.168 e. The third kappa shape index (κ3) is 5.45. The van der Waals surface area contributed by atoms with Crippen LogP contribution >= 0.6 is 0 Å². The summed E-state index contributed by atoms with van der Waals surface area (Å²) in [5.41, 5.74) is 2.67. The molecule has 7 heteroatoms. The Kier molecular flexibility index (Phi) is 7.36. The largest absolute Gasteiger partial charge is 0.511 e. The Bertz CT molecular complexity index is 1160. The second-order valence-corrected chi connectivity index (χ2v) is 10.4. The molecule has 35 heavy (non-hydrogen) atoms. The quantitative estimate of drug-likeness (QED) is 0.520. The van der Waals surface area contributed by atoms with E-state index < -0.39 is 0 Å². The number of rotatable bonds is 8. The number of aromatic nitrogens is 1. The number of ketones is 2. The van der Waals surface area contributed by atoms with Gasteiger partial charge in [-0.2, -0.15) is 0 Å². The van der Waals surface area contributed by atoms with Crippen LogP contribution in [-0.2, 0) is 17.6 Å². The average Bonchev–Trinajstić information content (AvgIpc) is 3.22. The first-order valence-electron chi connectivity index (χ1n) is 12.4. The van der Waals surface area contributed by atoms with Gasteiger partial charge in [-0.05, 0) is 36.2 Å². The zero-order chi connectivity index (χ0) is 25.2. The Hall–Kier alpha value is -3.06. The van der Waals surface area contributed by atoms with E-state index in [2.05, 4.69) is 10.1 Å². The molecule has 0 fully saturated rings. The van der Waals surface area contributed by atoms with Gasteiger partial charge in [0.05, 0.1) is 29.5 Å². The molecule has 0 aliphatic heterocycles. The van der Waals surface area contributed by atoms with Crippen molar-refractivity contribution in [1.82, 2.24) is 5.16 Å². The topological polar surface area (TPSA) is 113 Å². The molecule has 0 bridgehead atoms. The summed E-state index contributed by atoms with van der Waals surface area (Å²) in [6, 6.07) is 9.34. The van der Waals surface area contributed by atoms with Gasteiger partial charge in [0.25, 0.3) is 0 Å². The molecule has 1 heterocycles. The Balaban J connectivity index is 1.61. The molecule has 0 saturated carbocycles. The molecule has 2 N–H and O–H groups in total. The van der Waals surface area contributed by atoms with E-state index in [4.69, 9.17) is 4.52 Å². The van der Waals surface area contributed by atoms with Crippen molar-refractivity contribution >= 4 is 17.3 Å². The molecule has 0 radical (unpaired) electrons. The number of aryl methyl sites for hydroxylation is 1. The minimum Gasteiger partial charge on any atom is -0.511 e. The van der Waals surface area contributed by atoms with E-state index >= 15 is 0 Å². The van der Waals surface area contributed by atoms with Crippen LogP contribution in [0.4, 0.5) is 0 Å². The molecule has 2 unspecified atom stereocenters. The lowest BCUT2D eigenvalue weighted by atomic mass is 9.75. The number of hydrogen-bond donors (Lipinski definition) is 2. The van der Waals surface area contributed by atoms with Gasteiger partial charge in [-0.25, -0.2) is 0 Å². The van der Waals surface area contributed by atoms with Gasteiger partial charge in [-0.1, -0.05) is 56.3 Å². The molecule has 2 aliphatic rings. The van der Waals surface area contributed by atoms with Crippen molar-refractivity contribution in [2.24, 2.45) is 10.4 Å². The molecule has 1 aromatic heterocycles. The van der Waals surface area contributed by atoms with E-state index in [1.807, 2.05) is 51.1 Å². The SMILES string of the molecule is CCC(CO)N=C(CCc1noc2c1C(=O)CC(C)(C)C2)C1=C(O)CC(c2ccccc2)CC1=O. The number of aliphatic imine (C=N–C) groups is 1. The van der Waals surface area contributed by atoms with Gasteiger partial charge in [0.1, 0.15) is 11.5 Å². The highest BCUT2D eigenvalue weighted by Gasteiger charge is 2.37. The van der Waals surface area contributed by atoms with Gasteiger partial charge >= 0.3 is 0 Å². The summed E-state index contributed by atoms with van der Waals surface area (Å²) >= 11 is 0. The van der Waals surface area contributed by atoms with Crippen molar-refractivity contribution in [2.45, 2.75) is 77.7 Å². The second kappa shape index (κ2) is 10.3. The number of fused-ring (bicyclic) bond motifs is 1. The van der Waals surface area contributed by atoms with Crippen molar-refractivity contribution < 1.29 is 24.3 Å². The van der Waals surface area contributed by atoms with Crippen LogP contribution in [0.15, 0.2) is 51.2 Å². The first kappa shape index (κ1) is 25.0. The van der Waals surface area contributed by atoms with Crippen LogP contribution in [0.2, 0.25) is 0 Å². The summed E-state index contributed by atoms with van der Waals surface area (Å²) in [4.78, 5) is 30.7. The fraction of sp³-hybridized carbons (Fsp3) is 0.500. The fourth-order valence-electron chi connectivity index (χ4n) is 5.15. The predicted octanol–water partition coefficient (Wildman–Crippen LogP) is 4.93. The number of carbonyl (C=O) groups is 2. The van der Waals surface area contributed by atoms with Crippen molar-refractivity contribution in [1.29, 1.82) is 0 Å². The van der Waals surface area contributed by atoms with Crippen LogP contribution in [0.5, 0.6) is 0 Å². The van der Waals surface area contributed by atoms with Gasteiger partial charge in [0.2, 0.25) is 0 Å². The lowest BCUT2D eigenvalue weighted by molar-refractivity contribution is -0.116. The average molecular weight is 479 g/mol. The van der Waals surface area contributed by atoms with Crippen LogP contribution in [-0.4, -0.2) is 45.3 Å². The summed E-state index contributed by atoms with van der Waals surface area (Å²) in [5.74, 6) is 0.421. The van der Waals surface area contributed by atoms with E-state index in [1.165, 1.54) is 0 Å². The number of allylic oxidation sites excluding steroid dienone is 2. The van der Waals surface area contributed by atoms with Crippen molar-refractivity contribution in [3.63, 3.8) is 0 Å². The summed E-state index contributed by atoms with van der Waals surface area (Å²) in [5, 5.41) is 24.9. The van der Waals surface area contributed by atoms with Gasteiger partial charge in [0.15, 0.2) is 11.6 Å². The molecule has 2 aliphatic carbocycles. The molecule has 186 valence electrons. The first-order chi connectivity index (χ1) is 16.7. The van der Waals surface area contributed by atoms with Crippen LogP contribution in [0.25, 0.3) is 0 Å². The van der Waals surface area contributed by atoms with E-state index in [1.54, 1.807) is 0 Å². The highest BCUT2D eigenvalue weighted by molar-refractivity contribution is 6.23. The number of benzene rings is 1. The highest BCUT2D eigenvalue weighted by atomic mass is 16.5. The Morgan fingerprint density at radius 2 is 1.91 bits per heavy atom. The molecule has 1 aromatic carbocycles. The Morgan fingerprint density at radius 1 is 1.17 bits per heavy atom. The molecule has 7 nitrogen and oxygen atoms in total. The van der Waals surface area contributed by atoms with Gasteiger partial charge in [-0.3, -0.25) is 14.6 Å². The molecule has 4 rings (SSSR count). The third-order valence-electron chi connectivity index (χ3n) is 7.01. The maximum atomic E-state index is 13.3. The maximum absolute atomic E-state index is 13.3. The van der Waals surface area contributed by atoms with Crippen LogP contribution in [0.1, 0.15) is 86.2 Å². The molecule has 0 saturated heterocycles. The number of Topliss-reactive ketones (excluding diaryl/α,β-unsaturated/α-hetero) is 2. The predicted molar refractivity (Wildman–Crippen MR) is 133 cm³/mol. The minimum absolute atomic E-state index is 0.0225. The summed E-state index contributed by atoms with van der Waals surface area (Å²) in [7, 11) is 0. The molecule has 2 atom stereocenters. The summed E-state index contributed by atoms with van der Waals surface area (Å²) < 4.78 is 5.52. The van der Waals surface area contributed by atoms with Crippen LogP contribution in [0, 0.1) is 5.41 Å². The fourth-order valence-corrected chi connectivity index (χ4v) is 5.15. The van der Waals surface area contributed by atoms with E-state index in [9.17, 15) is 19.8 Å². The minimum atomic E-state index is -0.376. The third-order valence-corrected chi connectivity index (χ3v) is 7.01. The van der Waals surface area contributed by atoms with E-state index in [0.717, 1.165) is 5.56 Å². The zero-order valence-corrected chi connectivity index (χ0v) is 20.7. The Morgan fingerprint density at radius 3 is 2.57 bits per heavy atom. The number of hydrogen-bond acceptors (Lipinski definition) is 7. The number of aliphatic hydroxyl groups is 2. The normalized spacial score (nSPS) is 21.3. The smallest absolute Gasteiger partial charge is 0.168 e.